The summed E-state index contributed by atoms with van der Waals surface area (Å²) in [6.45, 7) is 4.10. The van der Waals surface area contributed by atoms with Crippen LogP contribution in [0.2, 0.25) is 0 Å². The van der Waals surface area contributed by atoms with Crippen molar-refractivity contribution >= 4 is 17.7 Å². The number of benzene rings is 2. The van der Waals surface area contributed by atoms with Crippen LogP contribution in [0.25, 0.3) is 0 Å². The Hall–Kier alpha value is -1.81. The second kappa shape index (κ2) is 7.99. The van der Waals surface area contributed by atoms with Crippen molar-refractivity contribution in [2.45, 2.75) is 31.2 Å². The van der Waals surface area contributed by atoms with E-state index in [4.69, 9.17) is 0 Å². The Bertz CT molecular complexity index is 610. The molecule has 1 unspecified atom stereocenters. The highest BCUT2D eigenvalue weighted by molar-refractivity contribution is 8.00. The van der Waals surface area contributed by atoms with Crippen LogP contribution in [0.4, 0.5) is 4.39 Å². The van der Waals surface area contributed by atoms with Gasteiger partial charge in [0.1, 0.15) is 5.82 Å². The Morgan fingerprint density at radius 1 is 1.14 bits per heavy atom. The molecule has 0 radical (unpaired) electrons. The molecule has 0 spiro atoms. The molecule has 0 bridgehead atoms. The molecule has 0 aliphatic carbocycles. The lowest BCUT2D eigenvalue weighted by atomic mass is 10.0. The van der Waals surface area contributed by atoms with Crippen molar-refractivity contribution in [2.24, 2.45) is 0 Å². The molecule has 1 N–H and O–H groups in total. The first-order valence-corrected chi connectivity index (χ1v) is 8.31. The summed E-state index contributed by atoms with van der Waals surface area (Å²) < 4.78 is 12.8. The van der Waals surface area contributed by atoms with E-state index in [-0.39, 0.29) is 17.8 Å². The first-order chi connectivity index (χ1) is 10.6. The third-order valence-electron chi connectivity index (χ3n) is 3.41. The predicted octanol–water partition coefficient (Wildman–Crippen LogP) is 4.49. The van der Waals surface area contributed by atoms with Crippen molar-refractivity contribution in [3.8, 4) is 0 Å². The van der Waals surface area contributed by atoms with Crippen molar-refractivity contribution in [3.05, 3.63) is 65.5 Å². The Kier molecular flexibility index (Phi) is 6.01. The van der Waals surface area contributed by atoms with Crippen LogP contribution in [0.15, 0.2) is 53.4 Å². The summed E-state index contributed by atoms with van der Waals surface area (Å²) >= 11 is 1.41. The van der Waals surface area contributed by atoms with Crippen LogP contribution in [0.1, 0.15) is 30.5 Å². The molecule has 2 rings (SSSR count). The van der Waals surface area contributed by atoms with Gasteiger partial charge in [0.15, 0.2) is 0 Å². The molecule has 116 valence electrons. The first kappa shape index (κ1) is 16.6. The molecule has 1 atom stereocenters. The van der Waals surface area contributed by atoms with Crippen LogP contribution in [-0.4, -0.2) is 11.7 Å². The van der Waals surface area contributed by atoms with Crippen LogP contribution in [0.5, 0.6) is 0 Å². The number of nitrogens with one attached hydrogen (secondary N) is 1. The SMILES string of the molecule is CCC(NC(=O)CSc1ccc(F)cc1)c1ccc(C)cc1. The van der Waals surface area contributed by atoms with Gasteiger partial charge in [-0.25, -0.2) is 4.39 Å². The van der Waals surface area contributed by atoms with Gasteiger partial charge in [0.25, 0.3) is 0 Å². The summed E-state index contributed by atoms with van der Waals surface area (Å²) in [5, 5.41) is 3.05. The van der Waals surface area contributed by atoms with Crippen molar-refractivity contribution in [3.63, 3.8) is 0 Å². The van der Waals surface area contributed by atoms with E-state index >= 15 is 0 Å². The fourth-order valence-electron chi connectivity index (χ4n) is 2.14. The molecule has 2 aromatic carbocycles. The van der Waals surface area contributed by atoms with Crippen molar-refractivity contribution in [1.29, 1.82) is 0 Å². The first-order valence-electron chi connectivity index (χ1n) is 7.32. The topological polar surface area (TPSA) is 29.1 Å². The summed E-state index contributed by atoms with van der Waals surface area (Å²) in [6.07, 6.45) is 0.843. The van der Waals surface area contributed by atoms with Crippen LogP contribution in [0, 0.1) is 12.7 Å². The standard InChI is InChI=1S/C18H20FNOS/c1-3-17(14-6-4-13(2)5-7-14)20-18(21)12-22-16-10-8-15(19)9-11-16/h4-11,17H,3,12H2,1-2H3,(H,20,21). The molecule has 0 fully saturated rings. The van der Waals surface area contributed by atoms with Crippen molar-refractivity contribution in [1.82, 2.24) is 5.32 Å². The minimum Gasteiger partial charge on any atom is -0.349 e. The normalized spacial score (nSPS) is 12.0. The highest BCUT2D eigenvalue weighted by Gasteiger charge is 2.12. The van der Waals surface area contributed by atoms with Crippen LogP contribution in [-0.2, 0) is 4.79 Å². The van der Waals surface area contributed by atoms with Gasteiger partial charge in [-0.05, 0) is 43.2 Å². The summed E-state index contributed by atoms with van der Waals surface area (Å²) in [5.74, 6) is 0.0505. The largest absolute Gasteiger partial charge is 0.349 e. The van der Waals surface area contributed by atoms with Gasteiger partial charge in [0, 0.05) is 4.90 Å². The average molecular weight is 317 g/mol. The number of carbonyl (C=O) groups excluding carboxylic acids is 1. The van der Waals surface area contributed by atoms with Gasteiger partial charge in [0.2, 0.25) is 5.91 Å². The number of aryl methyl sites for hydroxylation is 1. The van der Waals surface area contributed by atoms with Crippen LogP contribution in [0.3, 0.4) is 0 Å². The van der Waals surface area contributed by atoms with E-state index in [2.05, 4.69) is 36.5 Å². The van der Waals surface area contributed by atoms with Gasteiger partial charge in [-0.15, -0.1) is 11.8 Å². The van der Waals surface area contributed by atoms with Gasteiger partial charge in [-0.2, -0.15) is 0 Å². The third-order valence-corrected chi connectivity index (χ3v) is 4.42. The van der Waals surface area contributed by atoms with E-state index in [1.165, 1.54) is 29.5 Å². The summed E-state index contributed by atoms with van der Waals surface area (Å²) in [7, 11) is 0. The van der Waals surface area contributed by atoms with E-state index in [0.717, 1.165) is 16.9 Å². The Morgan fingerprint density at radius 3 is 2.36 bits per heavy atom. The third kappa shape index (κ3) is 4.88. The van der Waals surface area contributed by atoms with E-state index in [1.54, 1.807) is 12.1 Å². The number of amides is 1. The van der Waals surface area contributed by atoms with Gasteiger partial charge >= 0.3 is 0 Å². The maximum absolute atomic E-state index is 12.8. The molecule has 4 heteroatoms. The van der Waals surface area contributed by atoms with Gasteiger partial charge in [0.05, 0.1) is 11.8 Å². The Balaban J connectivity index is 1.89. The zero-order chi connectivity index (χ0) is 15.9. The molecule has 0 saturated carbocycles. The molecule has 1 amide bonds. The van der Waals surface area contributed by atoms with Crippen LogP contribution >= 0.6 is 11.8 Å². The van der Waals surface area contributed by atoms with Crippen LogP contribution < -0.4 is 5.32 Å². The number of thioether (sulfide) groups is 1. The minimum absolute atomic E-state index is 0.0123. The Morgan fingerprint density at radius 2 is 1.77 bits per heavy atom. The lowest BCUT2D eigenvalue weighted by molar-refractivity contribution is -0.119. The quantitative estimate of drug-likeness (QED) is 0.795. The molecule has 0 aromatic heterocycles. The number of carbonyl (C=O) groups is 1. The number of halogens is 1. The lowest BCUT2D eigenvalue weighted by Crippen LogP contribution is -2.29. The molecule has 0 heterocycles. The molecule has 22 heavy (non-hydrogen) atoms. The minimum atomic E-state index is -0.265. The van der Waals surface area contributed by atoms with Gasteiger partial charge in [-0.1, -0.05) is 36.8 Å². The second-order valence-electron chi connectivity index (χ2n) is 5.18. The molecule has 2 aromatic rings. The van der Waals surface area contributed by atoms with E-state index in [0.29, 0.717) is 5.75 Å². The lowest BCUT2D eigenvalue weighted by Gasteiger charge is -2.17. The monoisotopic (exact) mass is 317 g/mol. The summed E-state index contributed by atoms with van der Waals surface area (Å²) in [4.78, 5) is 13.0. The molecule has 2 nitrogen and oxygen atoms in total. The van der Waals surface area contributed by atoms with Crippen molar-refractivity contribution in [2.75, 3.05) is 5.75 Å². The zero-order valence-corrected chi connectivity index (χ0v) is 13.6. The zero-order valence-electron chi connectivity index (χ0n) is 12.8. The van der Waals surface area contributed by atoms with Gasteiger partial charge < -0.3 is 5.32 Å². The second-order valence-corrected chi connectivity index (χ2v) is 6.23. The number of hydrogen-bond donors (Lipinski definition) is 1. The maximum atomic E-state index is 12.8. The molecule has 0 aliphatic heterocycles. The van der Waals surface area contributed by atoms with Gasteiger partial charge in [-0.3, -0.25) is 4.79 Å². The van der Waals surface area contributed by atoms with E-state index in [1.807, 2.05) is 6.92 Å². The fraction of sp³-hybridized carbons (Fsp3) is 0.278. The maximum Gasteiger partial charge on any atom is 0.230 e. The summed E-state index contributed by atoms with van der Waals surface area (Å²) in [6, 6.07) is 14.4. The Labute approximate surface area is 135 Å². The molecule has 0 saturated heterocycles. The van der Waals surface area contributed by atoms with E-state index in [9.17, 15) is 9.18 Å². The van der Waals surface area contributed by atoms with E-state index < -0.39 is 0 Å². The smallest absolute Gasteiger partial charge is 0.230 e. The number of hydrogen-bond acceptors (Lipinski definition) is 2. The predicted molar refractivity (Wildman–Crippen MR) is 89.5 cm³/mol. The highest BCUT2D eigenvalue weighted by atomic mass is 32.2. The molecular weight excluding hydrogens is 297 g/mol. The summed E-state index contributed by atoms with van der Waals surface area (Å²) in [5.41, 5.74) is 2.32. The highest BCUT2D eigenvalue weighted by Crippen LogP contribution is 2.20. The number of rotatable bonds is 6. The molecule has 0 aliphatic rings. The average Bonchev–Trinajstić information content (AvgIpc) is 2.53. The molecular formula is C18H20FNOS. The fourth-order valence-corrected chi connectivity index (χ4v) is 2.85. The van der Waals surface area contributed by atoms with Crippen molar-refractivity contribution < 1.29 is 9.18 Å².